The number of piperazine rings is 1. The molecule has 0 N–H and O–H groups in total. The predicted octanol–water partition coefficient (Wildman–Crippen LogP) is 2.69. The number of benzene rings is 1. The standard InChI is InChI=1S/C19H26ClN5O2S/c1-4-24-9-11-25(12-10-24)18(26)14(2)28-19-22-21-17(23(19)3)13-27-16-8-6-5-7-15(16)20/h5-8,14H,4,9-13H2,1-3H3. The van der Waals surface area contributed by atoms with Gasteiger partial charge in [-0.2, -0.15) is 0 Å². The monoisotopic (exact) mass is 423 g/mol. The fourth-order valence-electron chi connectivity index (χ4n) is 3.03. The predicted molar refractivity (Wildman–Crippen MR) is 111 cm³/mol. The van der Waals surface area contributed by atoms with E-state index in [4.69, 9.17) is 16.3 Å². The summed E-state index contributed by atoms with van der Waals surface area (Å²) in [6.45, 7) is 8.81. The topological polar surface area (TPSA) is 63.5 Å². The molecule has 1 unspecified atom stereocenters. The first kappa shape index (κ1) is 21.0. The summed E-state index contributed by atoms with van der Waals surface area (Å²) >= 11 is 7.54. The highest BCUT2D eigenvalue weighted by Crippen LogP contribution is 2.26. The van der Waals surface area contributed by atoms with E-state index in [1.165, 1.54) is 11.8 Å². The third-order valence-electron chi connectivity index (χ3n) is 4.88. The van der Waals surface area contributed by atoms with Gasteiger partial charge >= 0.3 is 0 Å². The number of carbonyl (C=O) groups is 1. The molecule has 1 aliphatic rings. The highest BCUT2D eigenvalue weighted by atomic mass is 35.5. The lowest BCUT2D eigenvalue weighted by molar-refractivity contribution is -0.132. The molecule has 0 spiro atoms. The van der Waals surface area contributed by atoms with E-state index in [2.05, 4.69) is 22.0 Å². The van der Waals surface area contributed by atoms with Gasteiger partial charge in [-0.15, -0.1) is 10.2 Å². The molecule has 0 saturated carbocycles. The number of rotatable bonds is 7. The normalized spacial score (nSPS) is 16.2. The number of carbonyl (C=O) groups excluding carboxylic acids is 1. The molecule has 3 rings (SSSR count). The van der Waals surface area contributed by atoms with Gasteiger partial charge in [-0.1, -0.05) is 42.4 Å². The van der Waals surface area contributed by atoms with Gasteiger partial charge in [0.1, 0.15) is 12.4 Å². The zero-order valence-corrected chi connectivity index (χ0v) is 18.0. The molecule has 152 valence electrons. The van der Waals surface area contributed by atoms with Gasteiger partial charge in [0.25, 0.3) is 0 Å². The summed E-state index contributed by atoms with van der Waals surface area (Å²) < 4.78 is 7.60. The Balaban J connectivity index is 1.56. The van der Waals surface area contributed by atoms with E-state index in [1.54, 1.807) is 6.07 Å². The molecule has 1 amide bonds. The zero-order valence-electron chi connectivity index (χ0n) is 16.5. The molecule has 2 heterocycles. The summed E-state index contributed by atoms with van der Waals surface area (Å²) in [5.41, 5.74) is 0. The van der Waals surface area contributed by atoms with Crippen molar-refractivity contribution >= 4 is 29.3 Å². The maximum absolute atomic E-state index is 12.8. The van der Waals surface area contributed by atoms with Crippen molar-refractivity contribution < 1.29 is 9.53 Å². The number of halogens is 1. The van der Waals surface area contributed by atoms with Gasteiger partial charge in [-0.25, -0.2) is 0 Å². The molecule has 1 fully saturated rings. The minimum Gasteiger partial charge on any atom is -0.484 e. The Bertz CT molecular complexity index is 807. The van der Waals surface area contributed by atoms with E-state index in [0.29, 0.717) is 21.8 Å². The second kappa shape index (κ2) is 9.62. The Morgan fingerprint density at radius 1 is 1.25 bits per heavy atom. The SMILES string of the molecule is CCN1CCN(C(=O)C(C)Sc2nnc(COc3ccccc3Cl)n2C)CC1. The second-order valence-corrected chi connectivity index (χ2v) is 8.41. The number of amides is 1. The van der Waals surface area contributed by atoms with E-state index in [9.17, 15) is 4.79 Å². The number of para-hydroxylation sites is 1. The maximum Gasteiger partial charge on any atom is 0.235 e. The van der Waals surface area contributed by atoms with Gasteiger partial charge in [0.2, 0.25) is 5.91 Å². The Kier molecular flexibility index (Phi) is 7.20. The quantitative estimate of drug-likeness (QED) is 0.638. The van der Waals surface area contributed by atoms with Crippen LogP contribution < -0.4 is 4.74 Å². The highest BCUT2D eigenvalue weighted by Gasteiger charge is 2.26. The van der Waals surface area contributed by atoms with Crippen LogP contribution >= 0.6 is 23.4 Å². The van der Waals surface area contributed by atoms with Crippen molar-refractivity contribution in [1.82, 2.24) is 24.6 Å². The molecular weight excluding hydrogens is 398 g/mol. The summed E-state index contributed by atoms with van der Waals surface area (Å²) in [7, 11) is 1.88. The molecule has 1 aromatic heterocycles. The molecule has 1 atom stereocenters. The number of hydrogen-bond donors (Lipinski definition) is 0. The van der Waals surface area contributed by atoms with Crippen molar-refractivity contribution in [2.45, 2.75) is 30.9 Å². The smallest absolute Gasteiger partial charge is 0.235 e. The fourth-order valence-corrected chi connectivity index (χ4v) is 4.14. The van der Waals surface area contributed by atoms with Crippen LogP contribution in [0.4, 0.5) is 0 Å². The molecule has 0 bridgehead atoms. The lowest BCUT2D eigenvalue weighted by Gasteiger charge is -2.35. The van der Waals surface area contributed by atoms with Crippen LogP contribution in [0.15, 0.2) is 29.4 Å². The number of aromatic nitrogens is 3. The van der Waals surface area contributed by atoms with E-state index < -0.39 is 0 Å². The fraction of sp³-hybridized carbons (Fsp3) is 0.526. The van der Waals surface area contributed by atoms with Crippen molar-refractivity contribution in [1.29, 1.82) is 0 Å². The molecule has 1 saturated heterocycles. The van der Waals surface area contributed by atoms with Crippen molar-refractivity contribution in [3.05, 3.63) is 35.1 Å². The summed E-state index contributed by atoms with van der Waals surface area (Å²) in [6, 6.07) is 7.31. The van der Waals surface area contributed by atoms with Crippen molar-refractivity contribution in [2.24, 2.45) is 7.05 Å². The number of likely N-dealkylation sites (N-methyl/N-ethyl adjacent to an activating group) is 1. The van der Waals surface area contributed by atoms with E-state index >= 15 is 0 Å². The number of hydrogen-bond acceptors (Lipinski definition) is 6. The molecule has 2 aromatic rings. The van der Waals surface area contributed by atoms with Crippen molar-refractivity contribution in [3.8, 4) is 5.75 Å². The first-order valence-corrected chi connectivity index (χ1v) is 10.7. The Hall–Kier alpha value is -1.77. The largest absolute Gasteiger partial charge is 0.484 e. The molecule has 0 aliphatic carbocycles. The average Bonchev–Trinajstić information content (AvgIpc) is 3.06. The summed E-state index contributed by atoms with van der Waals surface area (Å²) in [5.74, 6) is 1.44. The maximum atomic E-state index is 12.8. The third-order valence-corrected chi connectivity index (χ3v) is 6.31. The highest BCUT2D eigenvalue weighted by molar-refractivity contribution is 8.00. The Morgan fingerprint density at radius 2 is 1.96 bits per heavy atom. The number of ether oxygens (including phenoxy) is 1. The first-order valence-electron chi connectivity index (χ1n) is 9.43. The van der Waals surface area contributed by atoms with Crippen LogP contribution in [0, 0.1) is 0 Å². The number of nitrogens with zero attached hydrogens (tertiary/aromatic N) is 5. The van der Waals surface area contributed by atoms with Gasteiger partial charge < -0.3 is 19.1 Å². The zero-order chi connectivity index (χ0) is 20.1. The van der Waals surface area contributed by atoms with Gasteiger partial charge in [-0.3, -0.25) is 4.79 Å². The molecule has 1 aliphatic heterocycles. The van der Waals surface area contributed by atoms with Crippen LogP contribution in [0.5, 0.6) is 5.75 Å². The Morgan fingerprint density at radius 3 is 2.64 bits per heavy atom. The van der Waals surface area contributed by atoms with Crippen LogP contribution in [-0.2, 0) is 18.4 Å². The van der Waals surface area contributed by atoms with E-state index in [0.717, 1.165) is 32.7 Å². The summed E-state index contributed by atoms with van der Waals surface area (Å²) in [4.78, 5) is 17.1. The molecular formula is C19H26ClN5O2S. The summed E-state index contributed by atoms with van der Waals surface area (Å²) in [6.07, 6.45) is 0. The lowest BCUT2D eigenvalue weighted by atomic mass is 10.3. The molecule has 7 nitrogen and oxygen atoms in total. The Labute approximate surface area is 175 Å². The first-order chi connectivity index (χ1) is 13.5. The molecule has 28 heavy (non-hydrogen) atoms. The van der Waals surface area contributed by atoms with Crippen LogP contribution in [0.1, 0.15) is 19.7 Å². The van der Waals surface area contributed by atoms with Gasteiger partial charge in [0.15, 0.2) is 11.0 Å². The third kappa shape index (κ3) is 4.98. The van der Waals surface area contributed by atoms with E-state index in [1.807, 2.05) is 41.6 Å². The minimum absolute atomic E-state index is 0.151. The van der Waals surface area contributed by atoms with Crippen molar-refractivity contribution in [2.75, 3.05) is 32.7 Å². The van der Waals surface area contributed by atoms with E-state index in [-0.39, 0.29) is 17.8 Å². The van der Waals surface area contributed by atoms with Gasteiger partial charge in [-0.05, 0) is 25.6 Å². The van der Waals surface area contributed by atoms with Gasteiger partial charge in [0.05, 0.1) is 10.3 Å². The van der Waals surface area contributed by atoms with Crippen LogP contribution in [0.2, 0.25) is 5.02 Å². The summed E-state index contributed by atoms with van der Waals surface area (Å²) in [5, 5.41) is 9.47. The van der Waals surface area contributed by atoms with Crippen molar-refractivity contribution in [3.63, 3.8) is 0 Å². The second-order valence-electron chi connectivity index (χ2n) is 6.70. The molecule has 1 aromatic carbocycles. The average molecular weight is 424 g/mol. The lowest BCUT2D eigenvalue weighted by Crippen LogP contribution is -2.50. The van der Waals surface area contributed by atoms with Crippen LogP contribution in [-0.4, -0.2) is 68.4 Å². The van der Waals surface area contributed by atoms with Crippen LogP contribution in [0.3, 0.4) is 0 Å². The minimum atomic E-state index is -0.214. The van der Waals surface area contributed by atoms with Gasteiger partial charge in [0, 0.05) is 33.2 Å². The molecule has 9 heteroatoms. The number of thioether (sulfide) groups is 1. The van der Waals surface area contributed by atoms with Crippen LogP contribution in [0.25, 0.3) is 0 Å². The molecule has 0 radical (unpaired) electrons.